The molecule has 152 valence electrons. The normalized spacial score (nSPS) is 10.8. The van der Waals surface area contributed by atoms with Crippen LogP contribution in [0.25, 0.3) is 16.9 Å². The molecule has 9 heteroatoms. The van der Waals surface area contributed by atoms with E-state index in [1.807, 2.05) is 43.3 Å². The molecule has 2 aromatic carbocycles. The van der Waals surface area contributed by atoms with Crippen LogP contribution in [0.5, 0.6) is 11.6 Å². The Morgan fingerprint density at radius 3 is 2.53 bits per heavy atom. The summed E-state index contributed by atoms with van der Waals surface area (Å²) in [7, 11) is 3.18. The summed E-state index contributed by atoms with van der Waals surface area (Å²) in [5, 5.41) is 7.72. The monoisotopic (exact) mass is 404 g/mol. The van der Waals surface area contributed by atoms with Gasteiger partial charge < -0.3 is 9.47 Å². The Balaban J connectivity index is 1.60. The zero-order chi connectivity index (χ0) is 21.1. The Kier molecular flexibility index (Phi) is 5.25. The Morgan fingerprint density at radius 2 is 1.83 bits per heavy atom. The van der Waals surface area contributed by atoms with Crippen molar-refractivity contribution in [2.45, 2.75) is 13.5 Å². The number of methoxy groups -OCH3 is 1. The van der Waals surface area contributed by atoms with Crippen LogP contribution in [-0.2, 0) is 13.7 Å². The van der Waals surface area contributed by atoms with Crippen molar-refractivity contribution in [2.75, 3.05) is 7.11 Å². The van der Waals surface area contributed by atoms with Crippen LogP contribution < -0.4 is 15.2 Å². The summed E-state index contributed by atoms with van der Waals surface area (Å²) in [4.78, 5) is 21.1. The van der Waals surface area contributed by atoms with Gasteiger partial charge in [0.15, 0.2) is 0 Å². The van der Waals surface area contributed by atoms with E-state index in [2.05, 4.69) is 20.4 Å². The van der Waals surface area contributed by atoms with Crippen LogP contribution >= 0.6 is 0 Å². The van der Waals surface area contributed by atoms with E-state index in [0.717, 1.165) is 22.4 Å². The minimum atomic E-state index is -0.330. The van der Waals surface area contributed by atoms with Gasteiger partial charge in [-0.2, -0.15) is 9.36 Å². The largest absolute Gasteiger partial charge is 0.497 e. The van der Waals surface area contributed by atoms with E-state index in [4.69, 9.17) is 9.47 Å². The molecule has 0 aliphatic rings. The van der Waals surface area contributed by atoms with Gasteiger partial charge in [0.05, 0.1) is 30.9 Å². The lowest BCUT2D eigenvalue weighted by molar-refractivity contribution is 0.291. The lowest BCUT2D eigenvalue weighted by atomic mass is 10.1. The molecule has 0 aliphatic carbocycles. The van der Waals surface area contributed by atoms with Crippen molar-refractivity contribution in [2.24, 2.45) is 7.05 Å². The standard InChI is InChI=1S/C21H20N6O3/c1-14-5-4-6-19(27-21(28)26(2)24-25-27)17(14)13-30-20-12-22-11-18(23-20)15-7-9-16(29-3)10-8-15/h4-12H,13H2,1-3H3. The fourth-order valence-electron chi connectivity index (χ4n) is 3.00. The van der Waals surface area contributed by atoms with Crippen LogP contribution in [0, 0.1) is 6.92 Å². The van der Waals surface area contributed by atoms with Gasteiger partial charge in [-0.05, 0) is 53.2 Å². The summed E-state index contributed by atoms with van der Waals surface area (Å²) in [6.07, 6.45) is 3.23. The predicted molar refractivity (Wildman–Crippen MR) is 110 cm³/mol. The van der Waals surface area contributed by atoms with Crippen LogP contribution in [-0.4, -0.2) is 36.9 Å². The first kappa shape index (κ1) is 19.3. The summed E-state index contributed by atoms with van der Waals surface area (Å²) in [5.41, 5.74) is 3.65. The highest BCUT2D eigenvalue weighted by molar-refractivity contribution is 5.59. The van der Waals surface area contributed by atoms with E-state index in [-0.39, 0.29) is 12.3 Å². The first-order valence-corrected chi connectivity index (χ1v) is 9.24. The zero-order valence-corrected chi connectivity index (χ0v) is 16.8. The van der Waals surface area contributed by atoms with E-state index in [9.17, 15) is 4.79 Å². The predicted octanol–water partition coefficient (Wildman–Crippen LogP) is 2.32. The van der Waals surface area contributed by atoms with Crippen LogP contribution in [0.3, 0.4) is 0 Å². The topological polar surface area (TPSA) is 97.0 Å². The number of aromatic nitrogens is 6. The molecular weight excluding hydrogens is 384 g/mol. The van der Waals surface area contributed by atoms with Gasteiger partial charge in [0.2, 0.25) is 5.88 Å². The van der Waals surface area contributed by atoms with Crippen molar-refractivity contribution in [1.82, 2.24) is 29.8 Å². The third-order valence-electron chi connectivity index (χ3n) is 4.70. The van der Waals surface area contributed by atoms with Gasteiger partial charge in [0.1, 0.15) is 12.4 Å². The molecule has 0 N–H and O–H groups in total. The average Bonchev–Trinajstić information content (AvgIpc) is 3.11. The van der Waals surface area contributed by atoms with Gasteiger partial charge in [0.25, 0.3) is 0 Å². The fraction of sp³-hybridized carbons (Fsp3) is 0.190. The number of rotatable bonds is 6. The molecule has 0 saturated carbocycles. The number of aryl methyl sites for hydroxylation is 2. The highest BCUT2D eigenvalue weighted by Crippen LogP contribution is 2.23. The lowest BCUT2D eigenvalue weighted by Crippen LogP contribution is -2.23. The highest BCUT2D eigenvalue weighted by Gasteiger charge is 2.14. The summed E-state index contributed by atoms with van der Waals surface area (Å²) >= 11 is 0. The molecule has 0 radical (unpaired) electrons. The van der Waals surface area contributed by atoms with Gasteiger partial charge >= 0.3 is 5.69 Å². The average molecular weight is 404 g/mol. The lowest BCUT2D eigenvalue weighted by Gasteiger charge is -2.12. The van der Waals surface area contributed by atoms with E-state index in [0.29, 0.717) is 17.3 Å². The molecule has 0 amide bonds. The van der Waals surface area contributed by atoms with E-state index < -0.39 is 0 Å². The van der Waals surface area contributed by atoms with Crippen LogP contribution in [0.2, 0.25) is 0 Å². The molecule has 2 heterocycles. The maximum Gasteiger partial charge on any atom is 0.368 e. The second kappa shape index (κ2) is 8.16. The first-order valence-electron chi connectivity index (χ1n) is 9.24. The molecule has 4 aromatic rings. The summed E-state index contributed by atoms with van der Waals surface area (Å²) in [6, 6.07) is 13.2. The Bertz CT molecular complexity index is 1230. The molecule has 4 rings (SSSR count). The molecule has 0 fully saturated rings. The number of hydrogen-bond acceptors (Lipinski definition) is 7. The molecule has 0 bridgehead atoms. The minimum absolute atomic E-state index is 0.200. The van der Waals surface area contributed by atoms with Gasteiger partial charge in [0, 0.05) is 18.2 Å². The van der Waals surface area contributed by atoms with Crippen molar-refractivity contribution >= 4 is 0 Å². The SMILES string of the molecule is COc1ccc(-c2cncc(OCc3c(C)cccc3-n3nnn(C)c3=O)n2)cc1. The number of ether oxygens (including phenoxy) is 2. The molecule has 0 atom stereocenters. The molecular formula is C21H20N6O3. The van der Waals surface area contributed by atoms with Crippen molar-refractivity contribution in [3.63, 3.8) is 0 Å². The molecule has 0 unspecified atom stereocenters. The summed E-state index contributed by atoms with van der Waals surface area (Å²) in [6.45, 7) is 2.15. The number of tetrazole rings is 1. The molecule has 0 saturated heterocycles. The van der Waals surface area contributed by atoms with Gasteiger partial charge in [-0.1, -0.05) is 12.1 Å². The molecule has 9 nitrogen and oxygen atoms in total. The van der Waals surface area contributed by atoms with Crippen molar-refractivity contribution in [1.29, 1.82) is 0 Å². The molecule has 30 heavy (non-hydrogen) atoms. The van der Waals surface area contributed by atoms with Crippen molar-refractivity contribution in [3.8, 4) is 28.6 Å². The van der Waals surface area contributed by atoms with Crippen LogP contribution in [0.1, 0.15) is 11.1 Å². The van der Waals surface area contributed by atoms with Gasteiger partial charge in [-0.3, -0.25) is 4.98 Å². The summed E-state index contributed by atoms with van der Waals surface area (Å²) < 4.78 is 13.5. The maximum atomic E-state index is 12.3. The molecule has 0 aliphatic heterocycles. The fourth-order valence-corrected chi connectivity index (χ4v) is 3.00. The third-order valence-corrected chi connectivity index (χ3v) is 4.70. The van der Waals surface area contributed by atoms with Crippen LogP contribution in [0.15, 0.2) is 59.7 Å². The second-order valence-corrected chi connectivity index (χ2v) is 6.63. The van der Waals surface area contributed by atoms with Crippen molar-refractivity contribution < 1.29 is 9.47 Å². The Morgan fingerprint density at radius 1 is 1.03 bits per heavy atom. The van der Waals surface area contributed by atoms with E-state index >= 15 is 0 Å². The Hall–Kier alpha value is -4.01. The first-order chi connectivity index (χ1) is 14.6. The summed E-state index contributed by atoms with van der Waals surface area (Å²) in [5.74, 6) is 1.15. The second-order valence-electron chi connectivity index (χ2n) is 6.63. The Labute approximate surface area is 172 Å². The smallest absolute Gasteiger partial charge is 0.368 e. The van der Waals surface area contributed by atoms with Crippen LogP contribution in [0.4, 0.5) is 0 Å². The molecule has 0 spiro atoms. The van der Waals surface area contributed by atoms with E-state index in [1.165, 1.54) is 9.36 Å². The zero-order valence-electron chi connectivity index (χ0n) is 16.8. The third kappa shape index (κ3) is 3.77. The van der Waals surface area contributed by atoms with Gasteiger partial charge in [-0.25, -0.2) is 9.78 Å². The van der Waals surface area contributed by atoms with Crippen molar-refractivity contribution in [3.05, 3.63) is 76.5 Å². The quantitative estimate of drug-likeness (QED) is 0.486. The number of hydrogen-bond donors (Lipinski definition) is 0. The minimum Gasteiger partial charge on any atom is -0.497 e. The van der Waals surface area contributed by atoms with Gasteiger partial charge in [-0.15, -0.1) is 0 Å². The molecule has 2 aromatic heterocycles. The number of benzene rings is 2. The van der Waals surface area contributed by atoms with E-state index in [1.54, 1.807) is 32.6 Å². The maximum absolute atomic E-state index is 12.3. The number of nitrogens with zero attached hydrogens (tertiary/aromatic N) is 6. The highest BCUT2D eigenvalue weighted by atomic mass is 16.5.